The fourth-order valence-electron chi connectivity index (χ4n) is 1.55. The fourth-order valence-corrected chi connectivity index (χ4v) is 1.55. The van der Waals surface area contributed by atoms with Crippen LogP contribution >= 0.6 is 0 Å². The summed E-state index contributed by atoms with van der Waals surface area (Å²) in [6.07, 6.45) is -3.46. The first-order valence-corrected chi connectivity index (χ1v) is 4.11. The second-order valence-electron chi connectivity index (χ2n) is 3.09. The molecule has 1 aromatic heterocycles. The van der Waals surface area contributed by atoms with Gasteiger partial charge in [-0.3, -0.25) is 9.69 Å². The van der Waals surface area contributed by atoms with E-state index in [0.29, 0.717) is 0 Å². The average molecular weight is 220 g/mol. The predicted molar refractivity (Wildman–Crippen MR) is 44.1 cm³/mol. The number of nitrogens with two attached hydrogens (primary N) is 1. The normalized spacial score (nSPS) is 15.5. The van der Waals surface area contributed by atoms with E-state index in [1.807, 2.05) is 0 Å². The number of halogens is 3. The third kappa shape index (κ3) is 1.41. The van der Waals surface area contributed by atoms with Gasteiger partial charge in [0.1, 0.15) is 11.4 Å². The summed E-state index contributed by atoms with van der Waals surface area (Å²) in [5.74, 6) is -1.18. The number of rotatable bonds is 1. The van der Waals surface area contributed by atoms with E-state index in [1.54, 1.807) is 0 Å². The summed E-state index contributed by atoms with van der Waals surface area (Å²) in [4.78, 5) is 11.0. The first-order chi connectivity index (χ1) is 6.91. The molecule has 0 unspecified atom stereocenters. The van der Waals surface area contributed by atoms with Gasteiger partial charge in [0, 0.05) is 6.54 Å². The minimum absolute atomic E-state index is 0.0993. The number of carbonyl (C=O) groups excluding carboxylic acids is 1. The summed E-state index contributed by atoms with van der Waals surface area (Å²) in [7, 11) is 0. The molecule has 0 saturated carbocycles. The summed E-state index contributed by atoms with van der Waals surface area (Å²) in [5, 5.41) is 3.66. The van der Waals surface area contributed by atoms with Gasteiger partial charge in [-0.1, -0.05) is 0 Å². The quantitative estimate of drug-likeness (QED) is 0.693. The number of amides is 1. The van der Waals surface area contributed by atoms with Crippen LogP contribution in [0.15, 0.2) is 6.20 Å². The van der Waals surface area contributed by atoms with Crippen molar-refractivity contribution in [2.75, 3.05) is 11.4 Å². The number of primary amides is 1. The van der Waals surface area contributed by atoms with Gasteiger partial charge >= 0.3 is 6.30 Å². The van der Waals surface area contributed by atoms with Crippen LogP contribution < -0.4 is 10.6 Å². The van der Waals surface area contributed by atoms with Crippen molar-refractivity contribution in [3.8, 4) is 0 Å². The topological polar surface area (TPSA) is 64.2 Å². The Hall–Kier alpha value is -1.73. The van der Waals surface area contributed by atoms with Gasteiger partial charge < -0.3 is 5.73 Å². The average Bonchev–Trinajstić information content (AvgIpc) is 2.57. The Balaban J connectivity index is 2.48. The summed E-state index contributed by atoms with van der Waals surface area (Å²) < 4.78 is 38.6. The van der Waals surface area contributed by atoms with Crippen LogP contribution in [0.2, 0.25) is 0 Å². The number of nitrogens with zero attached hydrogens (tertiary/aromatic N) is 3. The Morgan fingerprint density at radius 1 is 1.47 bits per heavy atom. The number of carbonyl (C=O) groups is 1. The van der Waals surface area contributed by atoms with E-state index in [1.165, 1.54) is 0 Å². The van der Waals surface area contributed by atoms with Gasteiger partial charge in [0.2, 0.25) is 0 Å². The van der Waals surface area contributed by atoms with E-state index >= 15 is 0 Å². The van der Waals surface area contributed by atoms with E-state index in [2.05, 4.69) is 5.10 Å². The zero-order valence-electron chi connectivity index (χ0n) is 7.45. The monoisotopic (exact) mass is 220 g/mol. The third-order valence-corrected chi connectivity index (χ3v) is 2.17. The lowest BCUT2D eigenvalue weighted by Gasteiger charge is -2.20. The van der Waals surface area contributed by atoms with Crippen molar-refractivity contribution in [2.45, 2.75) is 12.8 Å². The Morgan fingerprint density at radius 3 is 2.67 bits per heavy atom. The van der Waals surface area contributed by atoms with Crippen LogP contribution in [0.5, 0.6) is 0 Å². The van der Waals surface area contributed by atoms with Gasteiger partial charge in [0.25, 0.3) is 5.91 Å². The molecule has 0 fully saturated rings. The second kappa shape index (κ2) is 2.88. The molecule has 0 aliphatic carbocycles. The molecule has 2 N–H and O–H groups in total. The summed E-state index contributed by atoms with van der Waals surface area (Å²) >= 11 is 0. The highest BCUT2D eigenvalue weighted by Crippen LogP contribution is 2.34. The number of anilines is 1. The van der Waals surface area contributed by atoms with Crippen molar-refractivity contribution in [1.82, 2.24) is 9.78 Å². The third-order valence-electron chi connectivity index (χ3n) is 2.17. The highest BCUT2D eigenvalue weighted by atomic mass is 19.4. The van der Waals surface area contributed by atoms with Crippen molar-refractivity contribution < 1.29 is 18.0 Å². The summed E-state index contributed by atoms with van der Waals surface area (Å²) in [6, 6.07) is 0. The molecule has 1 aromatic rings. The molecular formula is C7H7F3N4O. The number of alkyl halides is 3. The lowest BCUT2D eigenvalue weighted by Crippen LogP contribution is -2.37. The number of fused-ring (bicyclic) bond motifs is 1. The summed E-state index contributed by atoms with van der Waals surface area (Å²) in [6.45, 7) is -0.144. The molecule has 0 spiro atoms. The standard InChI is InChI=1S/C7H7F3N4O/c8-7(9,10)13-1-2-14-6(13)4(3-12-14)5(11)15/h3H,1-2H2,(H2,11,15). The molecule has 0 aromatic carbocycles. The zero-order valence-corrected chi connectivity index (χ0v) is 7.45. The molecule has 1 aliphatic rings. The zero-order chi connectivity index (χ0) is 11.2. The van der Waals surface area contributed by atoms with Crippen LogP contribution in [0.1, 0.15) is 10.4 Å². The van der Waals surface area contributed by atoms with Gasteiger partial charge in [-0.2, -0.15) is 18.3 Å². The first kappa shape index (κ1) is 9.81. The number of aromatic nitrogens is 2. The van der Waals surface area contributed by atoms with Crippen molar-refractivity contribution in [2.24, 2.45) is 5.73 Å². The molecule has 2 heterocycles. The molecule has 8 heteroatoms. The van der Waals surface area contributed by atoms with E-state index in [4.69, 9.17) is 5.73 Å². The Labute approximate surface area is 82.3 Å². The molecule has 15 heavy (non-hydrogen) atoms. The first-order valence-electron chi connectivity index (χ1n) is 4.11. The van der Waals surface area contributed by atoms with Gasteiger partial charge in [-0.05, 0) is 0 Å². The van der Waals surface area contributed by atoms with Crippen LogP contribution in [0.3, 0.4) is 0 Å². The maximum absolute atomic E-state index is 12.5. The molecule has 1 aliphatic heterocycles. The van der Waals surface area contributed by atoms with Crippen LogP contribution in [0.4, 0.5) is 19.0 Å². The van der Waals surface area contributed by atoms with Crippen LogP contribution in [-0.4, -0.2) is 28.5 Å². The van der Waals surface area contributed by atoms with Crippen LogP contribution in [0.25, 0.3) is 0 Å². The van der Waals surface area contributed by atoms with Gasteiger partial charge in [0.05, 0.1) is 12.7 Å². The van der Waals surface area contributed by atoms with Crippen LogP contribution in [-0.2, 0) is 6.54 Å². The van der Waals surface area contributed by atoms with Gasteiger partial charge in [-0.25, -0.2) is 4.68 Å². The lowest BCUT2D eigenvalue weighted by atomic mass is 10.3. The van der Waals surface area contributed by atoms with E-state index in [-0.39, 0.29) is 29.4 Å². The van der Waals surface area contributed by atoms with Crippen molar-refractivity contribution in [1.29, 1.82) is 0 Å². The molecule has 0 radical (unpaired) electrons. The van der Waals surface area contributed by atoms with E-state index in [0.717, 1.165) is 10.9 Å². The van der Waals surface area contributed by atoms with Gasteiger partial charge in [0.15, 0.2) is 0 Å². The molecule has 0 bridgehead atoms. The lowest BCUT2D eigenvalue weighted by molar-refractivity contribution is -0.128. The molecule has 2 rings (SSSR count). The highest BCUT2D eigenvalue weighted by molar-refractivity contribution is 5.98. The Morgan fingerprint density at radius 2 is 2.13 bits per heavy atom. The molecular weight excluding hydrogens is 213 g/mol. The number of hydrogen-bond donors (Lipinski definition) is 1. The molecule has 0 saturated heterocycles. The maximum atomic E-state index is 12.5. The molecule has 82 valence electrons. The minimum Gasteiger partial charge on any atom is -0.365 e. The smallest absolute Gasteiger partial charge is 0.365 e. The largest absolute Gasteiger partial charge is 0.486 e. The number of hydrogen-bond acceptors (Lipinski definition) is 3. The van der Waals surface area contributed by atoms with Crippen molar-refractivity contribution in [3.63, 3.8) is 0 Å². The van der Waals surface area contributed by atoms with Crippen LogP contribution in [0, 0.1) is 0 Å². The predicted octanol–water partition coefficient (Wildman–Crippen LogP) is 0.322. The van der Waals surface area contributed by atoms with Gasteiger partial charge in [-0.15, -0.1) is 0 Å². The Kier molecular flexibility index (Phi) is 1.88. The second-order valence-corrected chi connectivity index (χ2v) is 3.09. The molecule has 1 amide bonds. The maximum Gasteiger partial charge on any atom is 0.486 e. The minimum atomic E-state index is -4.52. The Bertz CT molecular complexity index is 411. The van der Waals surface area contributed by atoms with E-state index in [9.17, 15) is 18.0 Å². The highest BCUT2D eigenvalue weighted by Gasteiger charge is 2.43. The van der Waals surface area contributed by atoms with Crippen molar-refractivity contribution >= 4 is 11.7 Å². The molecule has 5 nitrogen and oxygen atoms in total. The molecule has 0 atom stereocenters. The summed E-state index contributed by atoms with van der Waals surface area (Å²) in [5.41, 5.74) is 4.75. The van der Waals surface area contributed by atoms with E-state index < -0.39 is 12.2 Å². The SMILES string of the molecule is NC(=O)c1cnn2c1N(C(F)(F)F)CC2. The fraction of sp³-hybridized carbons (Fsp3) is 0.429. The van der Waals surface area contributed by atoms with Crippen molar-refractivity contribution in [3.05, 3.63) is 11.8 Å².